The summed E-state index contributed by atoms with van der Waals surface area (Å²) in [5, 5.41) is 11.0. The lowest BCUT2D eigenvalue weighted by Gasteiger charge is -2.12. The van der Waals surface area contributed by atoms with Gasteiger partial charge in [-0.15, -0.1) is 6.58 Å². The van der Waals surface area contributed by atoms with Crippen LogP contribution in [0.4, 0.5) is 0 Å². The zero-order valence-corrected chi connectivity index (χ0v) is 10.6. The highest BCUT2D eigenvalue weighted by Crippen LogP contribution is 2.30. The molecule has 19 heavy (non-hydrogen) atoms. The summed E-state index contributed by atoms with van der Waals surface area (Å²) in [6.45, 7) is 4.14. The maximum absolute atomic E-state index is 11.3. The fraction of sp³-hybridized carbons (Fsp3) is 0.188. The van der Waals surface area contributed by atoms with Gasteiger partial charge in [-0.1, -0.05) is 36.4 Å². The minimum atomic E-state index is -0.968. The summed E-state index contributed by atoms with van der Waals surface area (Å²) in [6.07, 6.45) is 3.50. The van der Waals surface area contributed by atoms with Gasteiger partial charge in [0.05, 0.1) is 6.61 Å². The lowest BCUT2D eigenvalue weighted by Crippen LogP contribution is -2.05. The van der Waals surface area contributed by atoms with Gasteiger partial charge in [-0.3, -0.25) is 0 Å². The zero-order chi connectivity index (χ0) is 13.7. The van der Waals surface area contributed by atoms with E-state index in [1.54, 1.807) is 12.1 Å². The Balaban J connectivity index is 2.38. The van der Waals surface area contributed by atoms with Crippen molar-refractivity contribution in [2.24, 2.45) is 0 Å². The van der Waals surface area contributed by atoms with Gasteiger partial charge in [0.2, 0.25) is 0 Å². The largest absolute Gasteiger partial charge is 0.492 e. The molecular weight excluding hydrogens is 240 g/mol. The van der Waals surface area contributed by atoms with Crippen molar-refractivity contribution in [2.45, 2.75) is 12.8 Å². The van der Waals surface area contributed by atoms with Crippen LogP contribution < -0.4 is 4.74 Å². The van der Waals surface area contributed by atoms with Crippen LogP contribution in [0.25, 0.3) is 10.8 Å². The Kier molecular flexibility index (Phi) is 4.18. The number of fused-ring (bicyclic) bond motifs is 1. The number of unbranched alkanes of at least 4 members (excludes halogenated alkanes) is 1. The number of carboxylic acids is 1. The van der Waals surface area contributed by atoms with Crippen LogP contribution in [0.2, 0.25) is 0 Å². The van der Waals surface area contributed by atoms with E-state index in [4.69, 9.17) is 4.74 Å². The molecule has 3 nitrogen and oxygen atoms in total. The standard InChI is InChI=1S/C16H16O3/c1-2-3-6-11-19-15-13-8-5-4-7-12(13)9-10-14(15)16(17)18/h2,4-5,7-10H,1,3,6,11H2,(H,17,18). The number of carboxylic acid groups (broad SMARTS) is 1. The van der Waals surface area contributed by atoms with Crippen molar-refractivity contribution in [1.29, 1.82) is 0 Å². The summed E-state index contributed by atoms with van der Waals surface area (Å²) >= 11 is 0. The summed E-state index contributed by atoms with van der Waals surface area (Å²) in [5.41, 5.74) is 0.206. The van der Waals surface area contributed by atoms with E-state index >= 15 is 0 Å². The molecule has 0 saturated heterocycles. The van der Waals surface area contributed by atoms with Crippen molar-refractivity contribution in [1.82, 2.24) is 0 Å². The van der Waals surface area contributed by atoms with Crippen LogP contribution in [0.3, 0.4) is 0 Å². The van der Waals surface area contributed by atoms with E-state index in [1.165, 1.54) is 0 Å². The summed E-state index contributed by atoms with van der Waals surface area (Å²) in [7, 11) is 0. The average Bonchev–Trinajstić information content (AvgIpc) is 2.43. The maximum atomic E-state index is 11.3. The molecule has 3 heteroatoms. The minimum absolute atomic E-state index is 0.206. The molecule has 0 saturated carbocycles. The highest BCUT2D eigenvalue weighted by molar-refractivity contribution is 6.00. The number of rotatable bonds is 6. The molecule has 0 aliphatic heterocycles. The number of aromatic carboxylic acids is 1. The second-order valence-electron chi connectivity index (χ2n) is 4.25. The van der Waals surface area contributed by atoms with Crippen LogP contribution in [-0.2, 0) is 0 Å². The monoisotopic (exact) mass is 256 g/mol. The second-order valence-corrected chi connectivity index (χ2v) is 4.25. The van der Waals surface area contributed by atoms with Gasteiger partial charge >= 0.3 is 5.97 Å². The van der Waals surface area contributed by atoms with Crippen molar-refractivity contribution in [3.05, 3.63) is 54.6 Å². The lowest BCUT2D eigenvalue weighted by atomic mass is 10.1. The number of carbonyl (C=O) groups is 1. The maximum Gasteiger partial charge on any atom is 0.339 e. The Morgan fingerprint density at radius 2 is 2.05 bits per heavy atom. The molecule has 98 valence electrons. The summed E-state index contributed by atoms with van der Waals surface area (Å²) in [5.74, 6) is -0.515. The Morgan fingerprint density at radius 3 is 2.79 bits per heavy atom. The van der Waals surface area contributed by atoms with E-state index in [2.05, 4.69) is 6.58 Å². The predicted molar refractivity (Wildman–Crippen MR) is 75.8 cm³/mol. The minimum Gasteiger partial charge on any atom is -0.492 e. The Hall–Kier alpha value is -2.29. The van der Waals surface area contributed by atoms with Crippen LogP contribution in [0.15, 0.2) is 49.1 Å². The number of hydrogen-bond donors (Lipinski definition) is 1. The average molecular weight is 256 g/mol. The van der Waals surface area contributed by atoms with E-state index < -0.39 is 5.97 Å². The van der Waals surface area contributed by atoms with Gasteiger partial charge in [-0.25, -0.2) is 4.79 Å². The van der Waals surface area contributed by atoms with E-state index in [-0.39, 0.29) is 5.56 Å². The summed E-state index contributed by atoms with van der Waals surface area (Å²) in [6, 6.07) is 11.0. The highest BCUT2D eigenvalue weighted by Gasteiger charge is 2.14. The molecule has 0 spiro atoms. The summed E-state index contributed by atoms with van der Waals surface area (Å²) in [4.78, 5) is 11.3. The first-order valence-corrected chi connectivity index (χ1v) is 6.23. The van der Waals surface area contributed by atoms with Gasteiger partial charge in [0, 0.05) is 5.39 Å². The van der Waals surface area contributed by atoms with Gasteiger partial charge in [-0.2, -0.15) is 0 Å². The SMILES string of the molecule is C=CCCCOc1c(C(=O)O)ccc2ccccc12. The summed E-state index contributed by atoms with van der Waals surface area (Å²) < 4.78 is 5.69. The van der Waals surface area contributed by atoms with Crippen LogP contribution >= 0.6 is 0 Å². The van der Waals surface area contributed by atoms with Crippen LogP contribution in [0.1, 0.15) is 23.2 Å². The third-order valence-corrected chi connectivity index (χ3v) is 2.91. The topological polar surface area (TPSA) is 46.5 Å². The first-order chi connectivity index (χ1) is 9.24. The molecule has 1 N–H and O–H groups in total. The molecule has 0 radical (unpaired) electrons. The van der Waals surface area contributed by atoms with Crippen LogP contribution in [0, 0.1) is 0 Å². The Morgan fingerprint density at radius 1 is 1.26 bits per heavy atom. The second kappa shape index (κ2) is 6.05. The highest BCUT2D eigenvalue weighted by atomic mass is 16.5. The van der Waals surface area contributed by atoms with Crippen LogP contribution in [0.5, 0.6) is 5.75 Å². The van der Waals surface area contributed by atoms with E-state index in [1.807, 2.05) is 30.3 Å². The van der Waals surface area contributed by atoms with Crippen molar-refractivity contribution in [2.75, 3.05) is 6.61 Å². The van der Waals surface area contributed by atoms with Crippen LogP contribution in [-0.4, -0.2) is 17.7 Å². The molecule has 0 amide bonds. The predicted octanol–water partition coefficient (Wildman–Crippen LogP) is 3.88. The third kappa shape index (κ3) is 2.94. The number of ether oxygens (including phenoxy) is 1. The molecule has 0 aliphatic rings. The first kappa shape index (κ1) is 13.1. The molecule has 2 rings (SSSR count). The number of allylic oxidation sites excluding steroid dienone is 1. The normalized spacial score (nSPS) is 10.3. The smallest absolute Gasteiger partial charge is 0.339 e. The molecule has 2 aromatic rings. The van der Waals surface area contributed by atoms with E-state index in [9.17, 15) is 9.90 Å². The van der Waals surface area contributed by atoms with Crippen molar-refractivity contribution >= 4 is 16.7 Å². The molecule has 0 heterocycles. The molecule has 0 aliphatic carbocycles. The van der Waals surface area contributed by atoms with Crippen molar-refractivity contribution in [3.8, 4) is 5.75 Å². The lowest BCUT2D eigenvalue weighted by molar-refractivity contribution is 0.0692. The quantitative estimate of drug-likeness (QED) is 0.630. The van der Waals surface area contributed by atoms with E-state index in [0.29, 0.717) is 12.4 Å². The molecule has 2 aromatic carbocycles. The van der Waals surface area contributed by atoms with Gasteiger partial charge in [0.25, 0.3) is 0 Å². The van der Waals surface area contributed by atoms with Crippen molar-refractivity contribution < 1.29 is 14.6 Å². The Labute approximate surface area is 112 Å². The Bertz CT molecular complexity index is 602. The van der Waals surface area contributed by atoms with Gasteiger partial charge < -0.3 is 9.84 Å². The molecule has 0 bridgehead atoms. The van der Waals surface area contributed by atoms with Crippen molar-refractivity contribution in [3.63, 3.8) is 0 Å². The van der Waals surface area contributed by atoms with E-state index in [0.717, 1.165) is 23.6 Å². The molecule has 0 unspecified atom stereocenters. The van der Waals surface area contributed by atoms with Gasteiger partial charge in [-0.05, 0) is 24.3 Å². The molecule has 0 fully saturated rings. The number of hydrogen-bond acceptors (Lipinski definition) is 2. The number of benzene rings is 2. The molecular formula is C16H16O3. The molecule has 0 atom stereocenters. The first-order valence-electron chi connectivity index (χ1n) is 6.23. The fourth-order valence-electron chi connectivity index (χ4n) is 1.97. The molecule has 0 aromatic heterocycles. The van der Waals surface area contributed by atoms with Gasteiger partial charge in [0.1, 0.15) is 11.3 Å². The van der Waals surface area contributed by atoms with Gasteiger partial charge in [0.15, 0.2) is 0 Å². The fourth-order valence-corrected chi connectivity index (χ4v) is 1.97. The third-order valence-electron chi connectivity index (χ3n) is 2.91. The zero-order valence-electron chi connectivity index (χ0n) is 10.6.